The first-order valence-electron chi connectivity index (χ1n) is 14.5. The number of imide groups is 1. The van der Waals surface area contributed by atoms with Gasteiger partial charge in [0.2, 0.25) is 11.8 Å². The molecule has 9 heteroatoms. The molecule has 1 fully saturated rings. The molecule has 2 amide bonds. The normalized spacial score (nSPS) is 24.8. The molecule has 1 saturated heterocycles. The van der Waals surface area contributed by atoms with Gasteiger partial charge in [-0.1, -0.05) is 91.0 Å². The molecule has 7 nitrogen and oxygen atoms in total. The molecule has 0 unspecified atom stereocenters. The Kier molecular flexibility index (Phi) is 7.06. The average molecular weight is 641 g/mol. The minimum atomic E-state index is -1.39. The van der Waals surface area contributed by atoms with Crippen LogP contribution in [0, 0.1) is 11.8 Å². The average Bonchev–Trinajstić information content (AvgIpc) is 3.35. The third kappa shape index (κ3) is 4.25. The van der Waals surface area contributed by atoms with Crippen molar-refractivity contribution in [1.29, 1.82) is 0 Å². The Bertz CT molecular complexity index is 1750. The fourth-order valence-electron chi connectivity index (χ4n) is 7.23. The molecule has 4 aromatic rings. The minimum absolute atomic E-state index is 0.0194. The number of Topliss-reactive ketones (excluding diaryl/α,β-unsaturated/α-hetero) is 1. The molecule has 2 bridgehead atoms. The number of ketones is 1. The molecule has 0 saturated carbocycles. The summed E-state index contributed by atoms with van der Waals surface area (Å²) >= 11 is 15.1. The number of rotatable bonds is 8. The van der Waals surface area contributed by atoms with E-state index >= 15 is 0 Å². The van der Waals surface area contributed by atoms with Crippen LogP contribution in [0.15, 0.2) is 103 Å². The Morgan fingerprint density at radius 2 is 1.27 bits per heavy atom. The molecule has 226 valence electrons. The molecule has 0 aromatic heterocycles. The Labute approximate surface area is 269 Å². The Hall–Kier alpha value is -4.46. The second-order valence-electron chi connectivity index (χ2n) is 11.5. The van der Waals surface area contributed by atoms with Crippen LogP contribution in [0.4, 0.5) is 0 Å². The van der Waals surface area contributed by atoms with Crippen molar-refractivity contribution < 1.29 is 28.7 Å². The van der Waals surface area contributed by atoms with Crippen LogP contribution in [0.2, 0.25) is 0 Å². The maximum Gasteiger partial charge on any atom is 0.330 e. The molecule has 3 aliphatic carbocycles. The van der Waals surface area contributed by atoms with Crippen molar-refractivity contribution in [3.05, 3.63) is 137 Å². The number of nitrogens with zero attached hydrogens (tertiary/aromatic N) is 1. The van der Waals surface area contributed by atoms with Crippen molar-refractivity contribution in [3.63, 3.8) is 0 Å². The van der Waals surface area contributed by atoms with Gasteiger partial charge in [-0.05, 0) is 39.9 Å². The van der Waals surface area contributed by atoms with Crippen molar-refractivity contribution in [1.82, 2.24) is 4.90 Å². The van der Waals surface area contributed by atoms with Gasteiger partial charge in [-0.3, -0.25) is 19.3 Å². The zero-order valence-corrected chi connectivity index (χ0v) is 25.6. The van der Waals surface area contributed by atoms with E-state index in [2.05, 4.69) is 0 Å². The largest absolute Gasteiger partial charge is 0.497 e. The first kappa shape index (κ1) is 29.3. The lowest BCUT2D eigenvalue weighted by atomic mass is 9.54. The van der Waals surface area contributed by atoms with E-state index in [9.17, 15) is 19.2 Å². The third-order valence-corrected chi connectivity index (χ3v) is 10.5. The molecule has 45 heavy (non-hydrogen) atoms. The highest BCUT2D eigenvalue weighted by molar-refractivity contribution is 6.36. The fourth-order valence-corrected chi connectivity index (χ4v) is 8.32. The summed E-state index contributed by atoms with van der Waals surface area (Å²) < 4.78 is 10.7. The first-order chi connectivity index (χ1) is 21.7. The maximum atomic E-state index is 14.5. The summed E-state index contributed by atoms with van der Waals surface area (Å²) in [6, 6.07) is 28.8. The van der Waals surface area contributed by atoms with Crippen LogP contribution in [-0.4, -0.2) is 48.2 Å². The summed E-state index contributed by atoms with van der Waals surface area (Å²) in [7, 11) is 1.48. The SMILES string of the molecule is COc1cccc(C(=O)COC(=O)[C@H](Cc2ccccc2)N2C(=O)[C@H]3[C@H](C2=O)C2(Cl)c4ccccc4C3(Cl)c3ccccc32)c1. The fraction of sp³-hybridized carbons (Fsp3) is 0.222. The summed E-state index contributed by atoms with van der Waals surface area (Å²) in [5.41, 5.74) is 3.64. The van der Waals surface area contributed by atoms with Gasteiger partial charge in [-0.15, -0.1) is 23.2 Å². The van der Waals surface area contributed by atoms with Crippen molar-refractivity contribution in [3.8, 4) is 5.75 Å². The van der Waals surface area contributed by atoms with Crippen LogP contribution in [0.3, 0.4) is 0 Å². The maximum absolute atomic E-state index is 14.5. The number of amides is 2. The number of benzene rings is 4. The lowest BCUT2D eigenvalue weighted by Gasteiger charge is -2.54. The molecule has 0 radical (unpaired) electrons. The van der Waals surface area contributed by atoms with Gasteiger partial charge in [0.15, 0.2) is 12.4 Å². The molecular weight excluding hydrogens is 613 g/mol. The standard InChI is InChI=1S/C36H27Cl2NO6/c1-44-23-13-9-12-22(19-23)29(40)20-45-34(43)28(18-21-10-3-2-4-11-21)39-32(41)30-31(33(39)42)36(38)25-15-6-5-14-24(25)35(30,37)26-16-7-8-17-27(26)36/h2-17,19,28,30-31H,18,20H2,1H3/t28-,30+,31+,35?,36?/m0/s1. The van der Waals surface area contributed by atoms with Gasteiger partial charge in [0.1, 0.15) is 21.5 Å². The molecule has 1 aliphatic heterocycles. The quantitative estimate of drug-likeness (QED) is 0.108. The molecule has 0 spiro atoms. The molecule has 0 N–H and O–H groups in total. The number of hydrogen-bond donors (Lipinski definition) is 0. The number of likely N-dealkylation sites (tertiary alicyclic amines) is 1. The van der Waals surface area contributed by atoms with E-state index in [1.165, 1.54) is 7.11 Å². The summed E-state index contributed by atoms with van der Waals surface area (Å²) in [6.45, 7) is -0.587. The summed E-state index contributed by atoms with van der Waals surface area (Å²) in [4.78, 5) is 54.1. The van der Waals surface area contributed by atoms with E-state index in [1.54, 1.807) is 48.5 Å². The molecule has 8 rings (SSSR count). The highest BCUT2D eigenvalue weighted by Crippen LogP contribution is 2.69. The molecular formula is C36H27Cl2NO6. The third-order valence-electron chi connectivity index (χ3n) is 9.21. The monoisotopic (exact) mass is 639 g/mol. The van der Waals surface area contributed by atoms with E-state index in [-0.39, 0.29) is 6.42 Å². The zero-order valence-electron chi connectivity index (χ0n) is 24.1. The van der Waals surface area contributed by atoms with Crippen LogP contribution in [0.5, 0.6) is 5.75 Å². The second-order valence-corrected chi connectivity index (χ2v) is 12.7. The van der Waals surface area contributed by atoms with E-state index in [4.69, 9.17) is 32.7 Å². The smallest absolute Gasteiger partial charge is 0.330 e. The van der Waals surface area contributed by atoms with Gasteiger partial charge >= 0.3 is 5.97 Å². The van der Waals surface area contributed by atoms with Crippen LogP contribution in [0.1, 0.15) is 38.2 Å². The zero-order chi connectivity index (χ0) is 31.5. The number of carbonyl (C=O) groups excluding carboxylic acids is 4. The topological polar surface area (TPSA) is 90.0 Å². The van der Waals surface area contributed by atoms with Gasteiger partial charge in [-0.2, -0.15) is 0 Å². The summed E-state index contributed by atoms with van der Waals surface area (Å²) in [6.07, 6.45) is -0.0194. The lowest BCUT2D eigenvalue weighted by Crippen LogP contribution is -2.57. The van der Waals surface area contributed by atoms with Crippen LogP contribution in [-0.2, 0) is 35.3 Å². The van der Waals surface area contributed by atoms with Crippen LogP contribution in [0.25, 0.3) is 0 Å². The number of methoxy groups -OCH3 is 1. The van der Waals surface area contributed by atoms with Gasteiger partial charge in [0.25, 0.3) is 0 Å². The summed E-state index contributed by atoms with van der Waals surface area (Å²) in [5, 5.41) is 0. The first-order valence-corrected chi connectivity index (χ1v) is 15.3. The number of ether oxygens (including phenoxy) is 2. The van der Waals surface area contributed by atoms with Crippen molar-refractivity contribution in [2.24, 2.45) is 11.8 Å². The highest BCUT2D eigenvalue weighted by atomic mass is 35.5. The second kappa shape index (κ2) is 10.9. The van der Waals surface area contributed by atoms with Crippen LogP contribution >= 0.6 is 23.2 Å². The summed E-state index contributed by atoms with van der Waals surface area (Å²) in [5.74, 6) is -4.22. The molecule has 4 aromatic carbocycles. The Morgan fingerprint density at radius 3 is 1.78 bits per heavy atom. The number of carbonyl (C=O) groups is 4. The number of halogens is 2. The van der Waals surface area contributed by atoms with E-state index in [1.807, 2.05) is 54.6 Å². The van der Waals surface area contributed by atoms with Gasteiger partial charge in [-0.25, -0.2) is 4.79 Å². The van der Waals surface area contributed by atoms with E-state index in [0.717, 1.165) is 4.90 Å². The van der Waals surface area contributed by atoms with Gasteiger partial charge in [0.05, 0.1) is 18.9 Å². The van der Waals surface area contributed by atoms with Gasteiger partial charge in [0, 0.05) is 12.0 Å². The van der Waals surface area contributed by atoms with Gasteiger partial charge < -0.3 is 9.47 Å². The van der Waals surface area contributed by atoms with Crippen molar-refractivity contribution >= 4 is 46.8 Å². The predicted octanol–water partition coefficient (Wildman–Crippen LogP) is 5.63. The van der Waals surface area contributed by atoms with Crippen molar-refractivity contribution in [2.45, 2.75) is 22.2 Å². The van der Waals surface area contributed by atoms with Crippen molar-refractivity contribution in [2.75, 3.05) is 13.7 Å². The van der Waals surface area contributed by atoms with E-state index in [0.29, 0.717) is 39.1 Å². The molecule has 1 heterocycles. The number of esters is 1. The predicted molar refractivity (Wildman–Crippen MR) is 167 cm³/mol. The molecule has 4 aliphatic rings. The van der Waals surface area contributed by atoms with Crippen LogP contribution < -0.4 is 4.74 Å². The van der Waals surface area contributed by atoms with E-state index < -0.39 is 57.8 Å². The molecule has 3 atom stereocenters. The number of alkyl halides is 2. The number of hydrogen-bond acceptors (Lipinski definition) is 6. The highest BCUT2D eigenvalue weighted by Gasteiger charge is 2.73. The Balaban J connectivity index is 1.27. The minimum Gasteiger partial charge on any atom is -0.497 e. The lowest BCUT2D eigenvalue weighted by molar-refractivity contribution is -0.158. The Morgan fingerprint density at radius 1 is 0.756 bits per heavy atom.